The fourth-order valence-electron chi connectivity index (χ4n) is 9.73. The van der Waals surface area contributed by atoms with Gasteiger partial charge in [0.25, 0.3) is 0 Å². The molecule has 0 amide bonds. The molecule has 8 aromatic carbocycles. The molecule has 238 valence electrons. The maximum atomic E-state index is 2.60. The minimum Gasteiger partial charge on any atom is -0.376 e. The first-order valence-corrected chi connectivity index (χ1v) is 18.3. The standard InChI is InChI=1S/C48H30B2N2/c1-7-19-41-33(13-1)37-17-5-11-23-45(37)51-47-29-31(25-27-39(47)35-15-3-9-21-43(35)49(41)51)32-26-28-40-36-16-4-10-22-44(36)50-42-20-8-2-14-34(42)38-18-6-12-24-46(38)52(50)48(40)30-32/h1-30H. The van der Waals surface area contributed by atoms with Crippen molar-refractivity contribution >= 4 is 58.3 Å². The number of nitrogens with zero attached hydrogens (tertiary/aromatic N) is 2. The molecule has 0 N–H and O–H groups in total. The van der Waals surface area contributed by atoms with E-state index in [9.17, 15) is 0 Å². The van der Waals surface area contributed by atoms with Crippen molar-refractivity contribution in [3.63, 3.8) is 0 Å². The van der Waals surface area contributed by atoms with Crippen LogP contribution in [0.2, 0.25) is 0 Å². The zero-order chi connectivity index (χ0) is 33.9. The van der Waals surface area contributed by atoms with E-state index in [1.807, 2.05) is 0 Å². The second kappa shape index (κ2) is 10.5. The zero-order valence-electron chi connectivity index (χ0n) is 28.4. The number of rotatable bonds is 1. The number of hydrogen-bond donors (Lipinski definition) is 0. The Morgan fingerprint density at radius 2 is 0.538 bits per heavy atom. The molecular formula is C48H30B2N2. The van der Waals surface area contributed by atoms with Crippen molar-refractivity contribution in [2.45, 2.75) is 0 Å². The predicted octanol–water partition coefficient (Wildman–Crippen LogP) is 9.16. The van der Waals surface area contributed by atoms with Crippen molar-refractivity contribution in [3.8, 4) is 55.6 Å². The highest BCUT2D eigenvalue weighted by molar-refractivity contribution is 6.93. The van der Waals surface area contributed by atoms with E-state index in [0.717, 1.165) is 0 Å². The molecule has 0 bridgehead atoms. The van der Waals surface area contributed by atoms with Crippen LogP contribution in [0.4, 0.5) is 22.7 Å². The molecule has 8 aromatic rings. The first-order valence-electron chi connectivity index (χ1n) is 18.3. The number of hydrogen-bond acceptors (Lipinski definition) is 2. The number of anilines is 4. The van der Waals surface area contributed by atoms with E-state index in [0.29, 0.717) is 0 Å². The Hall–Kier alpha value is -6.51. The lowest BCUT2D eigenvalue weighted by atomic mass is 9.43. The molecule has 0 saturated carbocycles. The Morgan fingerprint density at radius 1 is 0.250 bits per heavy atom. The van der Waals surface area contributed by atoms with E-state index in [1.165, 1.54) is 100 Å². The van der Waals surface area contributed by atoms with Crippen molar-refractivity contribution < 1.29 is 0 Å². The van der Waals surface area contributed by atoms with Crippen molar-refractivity contribution in [1.82, 2.24) is 0 Å². The zero-order valence-corrected chi connectivity index (χ0v) is 28.4. The van der Waals surface area contributed by atoms with Crippen LogP contribution >= 0.6 is 0 Å². The molecule has 4 aliphatic heterocycles. The van der Waals surface area contributed by atoms with Crippen molar-refractivity contribution in [2.24, 2.45) is 0 Å². The fraction of sp³-hybridized carbons (Fsp3) is 0. The first-order chi connectivity index (χ1) is 25.8. The summed E-state index contributed by atoms with van der Waals surface area (Å²) >= 11 is 0. The average molecular weight is 656 g/mol. The quantitative estimate of drug-likeness (QED) is 0.163. The van der Waals surface area contributed by atoms with Crippen LogP contribution in [0, 0.1) is 0 Å². The molecule has 0 unspecified atom stereocenters. The lowest BCUT2D eigenvalue weighted by Gasteiger charge is -2.44. The molecular weight excluding hydrogens is 626 g/mol. The summed E-state index contributed by atoms with van der Waals surface area (Å²) in [7, 11) is 0. The third-order valence-corrected chi connectivity index (χ3v) is 11.9. The van der Waals surface area contributed by atoms with Gasteiger partial charge in [-0.1, -0.05) is 158 Å². The van der Waals surface area contributed by atoms with Gasteiger partial charge in [0.1, 0.15) is 0 Å². The second-order valence-corrected chi connectivity index (χ2v) is 14.4. The number of fused-ring (bicyclic) bond motifs is 22. The van der Waals surface area contributed by atoms with E-state index >= 15 is 0 Å². The molecule has 0 atom stereocenters. The van der Waals surface area contributed by atoms with Gasteiger partial charge < -0.3 is 9.62 Å². The molecule has 4 heterocycles. The third-order valence-electron chi connectivity index (χ3n) is 11.9. The Kier molecular flexibility index (Phi) is 5.70. The lowest BCUT2D eigenvalue weighted by Crippen LogP contribution is -2.59. The molecule has 0 saturated heterocycles. The van der Waals surface area contributed by atoms with Gasteiger partial charge in [-0.05, 0) is 79.5 Å². The summed E-state index contributed by atoms with van der Waals surface area (Å²) < 4.78 is 0. The lowest BCUT2D eigenvalue weighted by molar-refractivity contribution is 1.34. The van der Waals surface area contributed by atoms with Gasteiger partial charge in [-0.3, -0.25) is 0 Å². The normalized spacial score (nSPS) is 13.6. The Labute approximate surface area is 304 Å². The molecule has 12 rings (SSSR count). The van der Waals surface area contributed by atoms with Gasteiger partial charge in [0.2, 0.25) is 0 Å². The highest BCUT2D eigenvalue weighted by atomic mass is 15.1. The predicted molar refractivity (Wildman–Crippen MR) is 221 cm³/mol. The number of para-hydroxylation sites is 2. The highest BCUT2D eigenvalue weighted by Crippen LogP contribution is 2.49. The molecule has 0 spiro atoms. The van der Waals surface area contributed by atoms with Crippen LogP contribution in [0.5, 0.6) is 0 Å². The van der Waals surface area contributed by atoms with E-state index in [4.69, 9.17) is 0 Å². The third kappa shape index (κ3) is 3.71. The van der Waals surface area contributed by atoms with Crippen LogP contribution in [-0.4, -0.2) is 13.7 Å². The Morgan fingerprint density at radius 3 is 0.904 bits per heavy atom. The first kappa shape index (κ1) is 28.2. The van der Waals surface area contributed by atoms with Crippen molar-refractivity contribution in [3.05, 3.63) is 182 Å². The van der Waals surface area contributed by atoms with Crippen LogP contribution in [0.15, 0.2) is 182 Å². The minimum atomic E-state index is 0.0933. The monoisotopic (exact) mass is 656 g/mol. The van der Waals surface area contributed by atoms with Crippen molar-refractivity contribution in [1.29, 1.82) is 0 Å². The summed E-state index contributed by atoms with van der Waals surface area (Å²) in [6, 6.07) is 68.0. The molecule has 52 heavy (non-hydrogen) atoms. The SMILES string of the molecule is c1ccc2c(c1)B1c3ccccc3-c3ccc(-c4ccc5c(c4)N4B(c6ccccc6-c6ccccc64)c4ccccc4-5)cc3N1c1ccccc1-2. The summed E-state index contributed by atoms with van der Waals surface area (Å²) in [6.45, 7) is 0.187. The molecule has 0 fully saturated rings. The molecule has 0 aromatic heterocycles. The molecule has 0 radical (unpaired) electrons. The van der Waals surface area contributed by atoms with Crippen molar-refractivity contribution in [2.75, 3.05) is 9.62 Å². The Balaban J connectivity index is 1.08. The van der Waals surface area contributed by atoms with Crippen LogP contribution in [-0.2, 0) is 0 Å². The van der Waals surface area contributed by atoms with E-state index < -0.39 is 0 Å². The van der Waals surface area contributed by atoms with E-state index in [1.54, 1.807) is 0 Å². The number of benzene rings is 8. The molecule has 0 aliphatic carbocycles. The summed E-state index contributed by atoms with van der Waals surface area (Å²) in [5, 5.41) is 0. The molecule has 4 aliphatic rings. The van der Waals surface area contributed by atoms with E-state index in [2.05, 4.69) is 192 Å². The average Bonchev–Trinajstić information content (AvgIpc) is 3.23. The van der Waals surface area contributed by atoms with E-state index in [-0.39, 0.29) is 13.7 Å². The van der Waals surface area contributed by atoms with Crippen LogP contribution in [0.25, 0.3) is 55.6 Å². The Bertz CT molecular complexity index is 2610. The van der Waals surface area contributed by atoms with Gasteiger partial charge in [-0.15, -0.1) is 0 Å². The van der Waals surface area contributed by atoms with Crippen LogP contribution in [0.1, 0.15) is 0 Å². The van der Waals surface area contributed by atoms with Gasteiger partial charge in [0.05, 0.1) is 0 Å². The summed E-state index contributed by atoms with van der Waals surface area (Å²) in [5.41, 5.74) is 23.3. The van der Waals surface area contributed by atoms with Gasteiger partial charge in [0.15, 0.2) is 0 Å². The summed E-state index contributed by atoms with van der Waals surface area (Å²) in [5.74, 6) is 0. The summed E-state index contributed by atoms with van der Waals surface area (Å²) in [4.78, 5) is 5.20. The second-order valence-electron chi connectivity index (χ2n) is 14.4. The topological polar surface area (TPSA) is 6.48 Å². The van der Waals surface area contributed by atoms with Gasteiger partial charge in [0, 0.05) is 45.0 Å². The van der Waals surface area contributed by atoms with Gasteiger partial charge >= 0.3 is 13.7 Å². The van der Waals surface area contributed by atoms with Crippen LogP contribution < -0.4 is 31.5 Å². The maximum absolute atomic E-state index is 2.60. The van der Waals surface area contributed by atoms with Gasteiger partial charge in [-0.25, -0.2) is 0 Å². The van der Waals surface area contributed by atoms with Crippen LogP contribution in [0.3, 0.4) is 0 Å². The molecule has 4 heteroatoms. The minimum absolute atomic E-state index is 0.0933. The van der Waals surface area contributed by atoms with Gasteiger partial charge in [-0.2, -0.15) is 0 Å². The fourth-order valence-corrected chi connectivity index (χ4v) is 9.73. The highest BCUT2D eigenvalue weighted by Gasteiger charge is 2.43. The summed E-state index contributed by atoms with van der Waals surface area (Å²) in [6.07, 6.45) is 0. The molecule has 2 nitrogen and oxygen atoms in total. The smallest absolute Gasteiger partial charge is 0.329 e. The maximum Gasteiger partial charge on any atom is 0.329 e. The largest absolute Gasteiger partial charge is 0.376 e.